The predicted octanol–water partition coefficient (Wildman–Crippen LogP) is -0.335. The van der Waals surface area contributed by atoms with Crippen molar-refractivity contribution in [2.45, 2.75) is 6.92 Å². The van der Waals surface area contributed by atoms with Gasteiger partial charge in [0.05, 0.1) is 0 Å². The first kappa shape index (κ1) is 7.00. The Balaban J connectivity index is 3.34. The number of hydrogen-bond donors (Lipinski definition) is 2. The first-order valence-corrected chi connectivity index (χ1v) is 3.11. The van der Waals surface area contributed by atoms with E-state index in [1.54, 1.807) is 26.9 Å². The molecule has 0 saturated carbocycles. The highest BCUT2D eigenvalue weighted by Gasteiger charge is 2.03. The Hall–Kier alpha value is -1.12. The number of aryl methyl sites for hydroxylation is 1. The van der Waals surface area contributed by atoms with E-state index in [1.165, 1.54) is 0 Å². The smallest absolute Gasteiger partial charge is 0.159 e. The fourth-order valence-electron chi connectivity index (χ4n) is 0.781. The highest BCUT2D eigenvalue weighted by atomic mass is 16.3. The molecule has 0 aliphatic carbocycles. The van der Waals surface area contributed by atoms with Gasteiger partial charge in [0.15, 0.2) is 11.5 Å². The zero-order valence-electron chi connectivity index (χ0n) is 6.05. The minimum Gasteiger partial charge on any atom is -0.505 e. The SMILES string of the molecule is Bc1ccc(C)c(O)c1O. The van der Waals surface area contributed by atoms with Gasteiger partial charge in [-0.05, 0) is 17.9 Å². The van der Waals surface area contributed by atoms with Crippen LogP contribution in [0.4, 0.5) is 0 Å². The molecule has 0 unspecified atom stereocenters. The topological polar surface area (TPSA) is 40.5 Å². The third-order valence-corrected chi connectivity index (χ3v) is 1.55. The van der Waals surface area contributed by atoms with Crippen molar-refractivity contribution >= 4 is 13.3 Å². The van der Waals surface area contributed by atoms with Crippen molar-refractivity contribution in [2.24, 2.45) is 0 Å². The van der Waals surface area contributed by atoms with Crippen molar-refractivity contribution in [2.75, 3.05) is 0 Å². The molecule has 0 atom stereocenters. The van der Waals surface area contributed by atoms with Crippen LogP contribution in [0.25, 0.3) is 0 Å². The Morgan fingerprint density at radius 2 is 1.80 bits per heavy atom. The summed E-state index contributed by atoms with van der Waals surface area (Å²) in [4.78, 5) is 0. The number of phenolic OH excluding ortho intramolecular Hbond substituents is 2. The van der Waals surface area contributed by atoms with E-state index in [-0.39, 0.29) is 11.5 Å². The van der Waals surface area contributed by atoms with E-state index in [0.717, 1.165) is 0 Å². The van der Waals surface area contributed by atoms with Crippen LogP contribution in [0.1, 0.15) is 5.56 Å². The van der Waals surface area contributed by atoms with Crippen molar-refractivity contribution < 1.29 is 10.2 Å². The van der Waals surface area contributed by atoms with Crippen molar-refractivity contribution in [3.05, 3.63) is 17.7 Å². The fourth-order valence-corrected chi connectivity index (χ4v) is 0.781. The minimum atomic E-state index is -0.0139. The number of benzene rings is 1. The molecule has 1 aromatic rings. The molecule has 0 aliphatic heterocycles. The van der Waals surface area contributed by atoms with Crippen LogP contribution >= 0.6 is 0 Å². The molecule has 0 saturated heterocycles. The third-order valence-electron chi connectivity index (χ3n) is 1.55. The summed E-state index contributed by atoms with van der Waals surface area (Å²) in [7, 11) is 1.74. The normalized spacial score (nSPS) is 9.70. The van der Waals surface area contributed by atoms with E-state index in [1.807, 2.05) is 0 Å². The van der Waals surface area contributed by atoms with Crippen LogP contribution in [0.2, 0.25) is 0 Å². The van der Waals surface area contributed by atoms with Crippen molar-refractivity contribution in [1.82, 2.24) is 0 Å². The molecular formula is C7H9BO2. The van der Waals surface area contributed by atoms with Crippen LogP contribution < -0.4 is 5.46 Å². The van der Waals surface area contributed by atoms with Gasteiger partial charge in [-0.1, -0.05) is 12.1 Å². The summed E-state index contributed by atoms with van der Waals surface area (Å²) >= 11 is 0. The van der Waals surface area contributed by atoms with Crippen molar-refractivity contribution in [3.63, 3.8) is 0 Å². The largest absolute Gasteiger partial charge is 0.505 e. The quantitative estimate of drug-likeness (QED) is 0.378. The number of phenols is 2. The van der Waals surface area contributed by atoms with Crippen LogP contribution in [0.15, 0.2) is 12.1 Å². The average Bonchev–Trinajstić information content (AvgIpc) is 1.93. The molecule has 3 heteroatoms. The zero-order valence-corrected chi connectivity index (χ0v) is 6.05. The van der Waals surface area contributed by atoms with Crippen LogP contribution in [-0.2, 0) is 0 Å². The molecule has 1 aromatic carbocycles. The maximum atomic E-state index is 9.14. The summed E-state index contributed by atoms with van der Waals surface area (Å²) in [6.07, 6.45) is 0. The first-order chi connectivity index (χ1) is 4.63. The Bertz CT molecular complexity index is 231. The molecule has 2 N–H and O–H groups in total. The van der Waals surface area contributed by atoms with E-state index in [0.29, 0.717) is 11.0 Å². The lowest BCUT2D eigenvalue weighted by Gasteiger charge is -2.03. The molecule has 1 rings (SSSR count). The number of hydrogen-bond acceptors (Lipinski definition) is 2. The second-order valence-electron chi connectivity index (χ2n) is 2.40. The number of rotatable bonds is 0. The van der Waals surface area contributed by atoms with Gasteiger partial charge in [-0.15, -0.1) is 0 Å². The summed E-state index contributed by atoms with van der Waals surface area (Å²) in [5, 5.41) is 18.3. The van der Waals surface area contributed by atoms with E-state index in [4.69, 9.17) is 10.2 Å². The molecule has 10 heavy (non-hydrogen) atoms. The Kier molecular flexibility index (Phi) is 1.58. The van der Waals surface area contributed by atoms with Gasteiger partial charge < -0.3 is 10.2 Å². The molecule has 2 nitrogen and oxygen atoms in total. The van der Waals surface area contributed by atoms with Gasteiger partial charge in [-0.25, -0.2) is 0 Å². The molecule has 0 fully saturated rings. The second-order valence-corrected chi connectivity index (χ2v) is 2.40. The van der Waals surface area contributed by atoms with E-state index in [2.05, 4.69) is 0 Å². The fraction of sp³-hybridized carbons (Fsp3) is 0.143. The summed E-state index contributed by atoms with van der Waals surface area (Å²) in [5.74, 6) is -0.0278. The lowest BCUT2D eigenvalue weighted by molar-refractivity contribution is 0.404. The van der Waals surface area contributed by atoms with Crippen molar-refractivity contribution in [1.29, 1.82) is 0 Å². The van der Waals surface area contributed by atoms with Crippen LogP contribution in [0.3, 0.4) is 0 Å². The van der Waals surface area contributed by atoms with E-state index >= 15 is 0 Å². The highest BCUT2D eigenvalue weighted by molar-refractivity contribution is 6.34. The molecule has 52 valence electrons. The maximum Gasteiger partial charge on any atom is 0.159 e. The van der Waals surface area contributed by atoms with Crippen LogP contribution in [0, 0.1) is 6.92 Å². The van der Waals surface area contributed by atoms with Gasteiger partial charge in [-0.2, -0.15) is 0 Å². The lowest BCUT2D eigenvalue weighted by Crippen LogP contribution is -2.02. The highest BCUT2D eigenvalue weighted by Crippen LogP contribution is 2.24. The Morgan fingerprint density at radius 1 is 1.20 bits per heavy atom. The maximum absolute atomic E-state index is 9.14. The Labute approximate surface area is 60.5 Å². The van der Waals surface area contributed by atoms with Crippen LogP contribution in [-0.4, -0.2) is 18.1 Å². The summed E-state index contributed by atoms with van der Waals surface area (Å²) in [6.45, 7) is 1.74. The first-order valence-electron chi connectivity index (χ1n) is 3.11. The molecule has 0 bridgehead atoms. The zero-order chi connectivity index (χ0) is 7.72. The predicted molar refractivity (Wildman–Crippen MR) is 42.7 cm³/mol. The molecule has 0 spiro atoms. The van der Waals surface area contributed by atoms with Gasteiger partial charge >= 0.3 is 0 Å². The van der Waals surface area contributed by atoms with Gasteiger partial charge in [0.1, 0.15) is 7.85 Å². The van der Waals surface area contributed by atoms with E-state index < -0.39 is 0 Å². The van der Waals surface area contributed by atoms with Gasteiger partial charge in [0.2, 0.25) is 0 Å². The second kappa shape index (κ2) is 2.25. The minimum absolute atomic E-state index is 0.0139. The summed E-state index contributed by atoms with van der Waals surface area (Å²) < 4.78 is 0. The summed E-state index contributed by atoms with van der Waals surface area (Å²) in [6, 6.07) is 3.54. The standard InChI is InChI=1S/C7H9BO2/c1-4-2-3-5(8)7(10)6(4)9/h2-3,9-10H,8H2,1H3. The van der Waals surface area contributed by atoms with Gasteiger partial charge in [0.25, 0.3) is 0 Å². The van der Waals surface area contributed by atoms with Crippen molar-refractivity contribution in [3.8, 4) is 11.5 Å². The van der Waals surface area contributed by atoms with Crippen LogP contribution in [0.5, 0.6) is 11.5 Å². The van der Waals surface area contributed by atoms with E-state index in [9.17, 15) is 0 Å². The molecule has 0 radical (unpaired) electrons. The lowest BCUT2D eigenvalue weighted by atomic mass is 9.93. The molecular weight excluding hydrogens is 127 g/mol. The molecule has 0 aromatic heterocycles. The molecule has 0 aliphatic rings. The Morgan fingerprint density at radius 3 is 2.30 bits per heavy atom. The summed E-state index contributed by atoms with van der Waals surface area (Å²) in [5.41, 5.74) is 1.39. The molecule has 0 amide bonds. The third kappa shape index (κ3) is 0.945. The number of aromatic hydroxyl groups is 2. The monoisotopic (exact) mass is 136 g/mol. The average molecular weight is 136 g/mol. The molecule has 0 heterocycles. The van der Waals surface area contributed by atoms with Gasteiger partial charge in [-0.3, -0.25) is 0 Å². The van der Waals surface area contributed by atoms with Gasteiger partial charge in [0, 0.05) is 0 Å².